The molecule has 146 valence electrons. The van der Waals surface area contributed by atoms with E-state index >= 15 is 0 Å². The summed E-state index contributed by atoms with van der Waals surface area (Å²) in [6.45, 7) is 5.31. The van der Waals surface area contributed by atoms with Gasteiger partial charge < -0.3 is 4.90 Å². The molecule has 0 aliphatic carbocycles. The molecule has 0 saturated heterocycles. The summed E-state index contributed by atoms with van der Waals surface area (Å²) >= 11 is 0. The highest BCUT2D eigenvalue weighted by atomic mass is 16.2. The Morgan fingerprint density at radius 1 is 1.14 bits per heavy atom. The second-order valence-corrected chi connectivity index (χ2v) is 7.38. The van der Waals surface area contributed by atoms with Crippen molar-refractivity contribution in [3.8, 4) is 11.4 Å². The van der Waals surface area contributed by atoms with Gasteiger partial charge in [0.15, 0.2) is 23.0 Å². The highest BCUT2D eigenvalue weighted by Gasteiger charge is 2.37. The Labute approximate surface area is 167 Å². The van der Waals surface area contributed by atoms with Gasteiger partial charge in [0.2, 0.25) is 0 Å². The first kappa shape index (κ1) is 17.5. The van der Waals surface area contributed by atoms with Crippen LogP contribution in [0.25, 0.3) is 17.0 Å². The van der Waals surface area contributed by atoms with Crippen molar-refractivity contribution in [2.75, 3.05) is 6.54 Å². The molecule has 0 spiro atoms. The predicted molar refractivity (Wildman–Crippen MR) is 105 cm³/mol. The Morgan fingerprint density at radius 2 is 2.00 bits per heavy atom. The maximum atomic E-state index is 13.4. The molecule has 1 amide bonds. The number of hydrogen-bond donors (Lipinski definition) is 0. The Hall–Kier alpha value is -3.62. The SMILES string of the molecule is CC(C)[C@@H]1c2nc(-c3cccnc3)nn2CCN1C(=O)c1cnc2cccnn12. The largest absolute Gasteiger partial charge is 0.325 e. The van der Waals surface area contributed by atoms with Gasteiger partial charge in [-0.2, -0.15) is 10.2 Å². The number of aromatic nitrogens is 7. The minimum absolute atomic E-state index is 0.105. The van der Waals surface area contributed by atoms with E-state index in [9.17, 15) is 4.79 Å². The van der Waals surface area contributed by atoms with Crippen LogP contribution < -0.4 is 0 Å². The second-order valence-electron chi connectivity index (χ2n) is 7.38. The minimum Gasteiger partial charge on any atom is -0.325 e. The molecule has 5 rings (SSSR count). The van der Waals surface area contributed by atoms with Gasteiger partial charge in [-0.05, 0) is 30.2 Å². The van der Waals surface area contributed by atoms with E-state index in [-0.39, 0.29) is 17.9 Å². The van der Waals surface area contributed by atoms with Crippen LogP contribution in [-0.4, -0.2) is 51.7 Å². The molecule has 0 bridgehead atoms. The zero-order valence-electron chi connectivity index (χ0n) is 16.2. The summed E-state index contributed by atoms with van der Waals surface area (Å²) in [4.78, 5) is 28.5. The van der Waals surface area contributed by atoms with E-state index in [1.54, 1.807) is 35.4 Å². The van der Waals surface area contributed by atoms with E-state index in [2.05, 4.69) is 34.0 Å². The van der Waals surface area contributed by atoms with E-state index in [1.807, 2.05) is 27.8 Å². The average Bonchev–Trinajstić information content (AvgIpc) is 3.37. The zero-order chi connectivity index (χ0) is 20.0. The Kier molecular flexibility index (Phi) is 4.08. The number of pyridine rings is 1. The average molecular weight is 388 g/mol. The lowest BCUT2D eigenvalue weighted by molar-refractivity contribution is 0.0528. The molecule has 1 aliphatic rings. The van der Waals surface area contributed by atoms with Crippen LogP contribution >= 0.6 is 0 Å². The van der Waals surface area contributed by atoms with Crippen molar-refractivity contribution in [1.29, 1.82) is 0 Å². The van der Waals surface area contributed by atoms with E-state index in [4.69, 9.17) is 4.98 Å². The molecule has 0 fully saturated rings. The summed E-state index contributed by atoms with van der Waals surface area (Å²) in [5.74, 6) is 1.48. The van der Waals surface area contributed by atoms with Crippen LogP contribution in [0.3, 0.4) is 0 Å². The summed E-state index contributed by atoms with van der Waals surface area (Å²) < 4.78 is 3.49. The number of imidazole rings is 1. The van der Waals surface area contributed by atoms with Gasteiger partial charge >= 0.3 is 0 Å². The zero-order valence-corrected chi connectivity index (χ0v) is 16.2. The third kappa shape index (κ3) is 2.86. The predicted octanol–water partition coefficient (Wildman–Crippen LogP) is 2.24. The smallest absolute Gasteiger partial charge is 0.274 e. The molecule has 1 aliphatic heterocycles. The summed E-state index contributed by atoms with van der Waals surface area (Å²) in [5.41, 5.74) is 1.96. The number of rotatable bonds is 3. The van der Waals surface area contributed by atoms with E-state index < -0.39 is 0 Å². The molecule has 29 heavy (non-hydrogen) atoms. The summed E-state index contributed by atoms with van der Waals surface area (Å²) in [7, 11) is 0. The quantitative estimate of drug-likeness (QED) is 0.534. The van der Waals surface area contributed by atoms with Crippen molar-refractivity contribution in [3.63, 3.8) is 0 Å². The monoisotopic (exact) mass is 388 g/mol. The highest BCUT2D eigenvalue weighted by Crippen LogP contribution is 2.33. The van der Waals surface area contributed by atoms with Crippen molar-refractivity contribution in [2.45, 2.75) is 26.4 Å². The molecule has 9 nitrogen and oxygen atoms in total. The molecule has 0 aromatic carbocycles. The molecule has 0 radical (unpaired) electrons. The third-order valence-corrected chi connectivity index (χ3v) is 5.16. The third-order valence-electron chi connectivity index (χ3n) is 5.16. The molecule has 1 atom stereocenters. The molecule has 0 saturated carbocycles. The van der Waals surface area contributed by atoms with E-state index in [0.29, 0.717) is 30.3 Å². The van der Waals surface area contributed by atoms with Gasteiger partial charge in [-0.3, -0.25) is 9.78 Å². The number of amides is 1. The summed E-state index contributed by atoms with van der Waals surface area (Å²) in [5, 5.41) is 8.94. The molecule has 0 unspecified atom stereocenters. The van der Waals surface area contributed by atoms with Crippen molar-refractivity contribution in [1.82, 2.24) is 39.2 Å². The topological polar surface area (TPSA) is 94.1 Å². The Balaban J connectivity index is 1.54. The first-order valence-electron chi connectivity index (χ1n) is 9.58. The van der Waals surface area contributed by atoms with Crippen LogP contribution in [0.2, 0.25) is 0 Å². The fourth-order valence-corrected chi connectivity index (χ4v) is 3.84. The Morgan fingerprint density at radius 3 is 2.79 bits per heavy atom. The van der Waals surface area contributed by atoms with Crippen molar-refractivity contribution in [3.05, 3.63) is 60.6 Å². The van der Waals surface area contributed by atoms with Crippen LogP contribution in [-0.2, 0) is 6.54 Å². The maximum Gasteiger partial charge on any atom is 0.274 e. The van der Waals surface area contributed by atoms with Crippen molar-refractivity contribution in [2.24, 2.45) is 5.92 Å². The molecule has 4 aromatic rings. The van der Waals surface area contributed by atoms with Gasteiger partial charge in [0.05, 0.1) is 18.8 Å². The van der Waals surface area contributed by atoms with Crippen LogP contribution in [0.5, 0.6) is 0 Å². The lowest BCUT2D eigenvalue weighted by Gasteiger charge is -2.37. The fourth-order valence-electron chi connectivity index (χ4n) is 3.84. The van der Waals surface area contributed by atoms with Gasteiger partial charge in [-0.1, -0.05) is 13.8 Å². The van der Waals surface area contributed by atoms with Gasteiger partial charge in [0.25, 0.3) is 5.91 Å². The van der Waals surface area contributed by atoms with Gasteiger partial charge in [0, 0.05) is 30.7 Å². The Bertz CT molecular complexity index is 1180. The number of nitrogens with zero attached hydrogens (tertiary/aromatic N) is 8. The number of fused-ring (bicyclic) bond motifs is 2. The molecule has 9 heteroatoms. The molecule has 4 aromatic heterocycles. The first-order valence-corrected chi connectivity index (χ1v) is 9.58. The van der Waals surface area contributed by atoms with Crippen LogP contribution in [0.4, 0.5) is 0 Å². The minimum atomic E-state index is -0.191. The van der Waals surface area contributed by atoms with Crippen molar-refractivity contribution < 1.29 is 4.79 Å². The number of carbonyl (C=O) groups excluding carboxylic acids is 1. The molecule has 0 N–H and O–H groups in total. The van der Waals surface area contributed by atoms with Crippen LogP contribution in [0, 0.1) is 5.92 Å². The molecular formula is C20H20N8O. The van der Waals surface area contributed by atoms with Gasteiger partial charge in [0.1, 0.15) is 0 Å². The second kappa shape index (κ2) is 6.77. The summed E-state index contributed by atoms with van der Waals surface area (Å²) in [6.07, 6.45) is 6.71. The fraction of sp³-hybridized carbons (Fsp3) is 0.300. The normalized spacial score (nSPS) is 16.4. The lowest BCUT2D eigenvalue weighted by Crippen LogP contribution is -2.45. The van der Waals surface area contributed by atoms with E-state index in [1.165, 1.54) is 0 Å². The number of hydrogen-bond acceptors (Lipinski definition) is 6. The highest BCUT2D eigenvalue weighted by molar-refractivity contribution is 5.93. The van der Waals surface area contributed by atoms with Crippen LogP contribution in [0.1, 0.15) is 36.2 Å². The number of carbonyl (C=O) groups is 1. The molecule has 5 heterocycles. The standard InChI is InChI=1S/C20H20N8O/c1-13(2)17-19-24-18(14-5-3-7-21-11-14)25-27(19)10-9-26(17)20(29)15-12-22-16-6-4-8-23-28(15)16/h3-8,11-13,17H,9-10H2,1-2H3/t17-/m1/s1. The van der Waals surface area contributed by atoms with E-state index in [0.717, 1.165) is 11.4 Å². The van der Waals surface area contributed by atoms with Crippen LogP contribution in [0.15, 0.2) is 49.1 Å². The van der Waals surface area contributed by atoms with Crippen molar-refractivity contribution >= 4 is 11.6 Å². The maximum absolute atomic E-state index is 13.4. The van der Waals surface area contributed by atoms with Gasteiger partial charge in [-0.15, -0.1) is 0 Å². The lowest BCUT2D eigenvalue weighted by atomic mass is 9.99. The molecular weight excluding hydrogens is 368 g/mol. The summed E-state index contributed by atoms with van der Waals surface area (Å²) in [6, 6.07) is 7.24. The van der Waals surface area contributed by atoms with Gasteiger partial charge in [-0.25, -0.2) is 19.2 Å². The first-order chi connectivity index (χ1) is 14.1.